The van der Waals surface area contributed by atoms with E-state index in [-0.39, 0.29) is 0 Å². The van der Waals surface area contributed by atoms with Gasteiger partial charge in [-0.15, -0.1) is 0 Å². The lowest BCUT2D eigenvalue weighted by molar-refractivity contribution is -0.0133. The molecule has 0 aromatic carbocycles. The van der Waals surface area contributed by atoms with Crippen molar-refractivity contribution in [1.82, 2.24) is 4.90 Å². The molecule has 3 nitrogen and oxygen atoms in total. The van der Waals surface area contributed by atoms with Gasteiger partial charge in [-0.1, -0.05) is 13.3 Å². The Balaban J connectivity index is 1.53. The Hall–Kier alpha value is -0.120. The van der Waals surface area contributed by atoms with Crippen molar-refractivity contribution in [2.75, 3.05) is 39.5 Å². The van der Waals surface area contributed by atoms with Crippen molar-refractivity contribution in [3.05, 3.63) is 0 Å². The van der Waals surface area contributed by atoms with Crippen molar-refractivity contribution in [3.63, 3.8) is 0 Å². The minimum atomic E-state index is 0.541. The molecule has 0 aromatic heterocycles. The summed E-state index contributed by atoms with van der Waals surface area (Å²) in [5, 5.41) is 0. The molecule has 1 saturated heterocycles. The van der Waals surface area contributed by atoms with Crippen LogP contribution in [-0.2, 0) is 9.47 Å². The number of ether oxygens (including phenoxy) is 2. The van der Waals surface area contributed by atoms with Gasteiger partial charge in [-0.25, -0.2) is 0 Å². The number of rotatable bonds is 5. The van der Waals surface area contributed by atoms with Gasteiger partial charge < -0.3 is 9.47 Å². The molecule has 0 radical (unpaired) electrons. The van der Waals surface area contributed by atoms with Crippen LogP contribution in [0.15, 0.2) is 0 Å². The van der Waals surface area contributed by atoms with Crippen LogP contribution in [-0.4, -0.2) is 50.5 Å². The molecule has 3 heteroatoms. The van der Waals surface area contributed by atoms with Gasteiger partial charge in [-0.2, -0.15) is 0 Å². The van der Waals surface area contributed by atoms with Gasteiger partial charge in [0.25, 0.3) is 0 Å². The van der Waals surface area contributed by atoms with E-state index in [0.29, 0.717) is 6.10 Å². The molecule has 2 rings (SSSR count). The molecule has 1 aliphatic heterocycles. The fraction of sp³-hybridized carbons (Fsp3) is 1.00. The van der Waals surface area contributed by atoms with Gasteiger partial charge in [-0.3, -0.25) is 4.90 Å². The second kappa shape index (κ2) is 7.34. The maximum Gasteiger partial charge on any atom is 0.0597 e. The average molecular weight is 241 g/mol. The van der Waals surface area contributed by atoms with Crippen molar-refractivity contribution in [3.8, 4) is 0 Å². The second-order valence-electron chi connectivity index (χ2n) is 5.38. The summed E-state index contributed by atoms with van der Waals surface area (Å²) in [6.07, 6.45) is 7.19. The van der Waals surface area contributed by atoms with E-state index in [4.69, 9.17) is 9.47 Å². The molecular formula is C14H27NO2. The second-order valence-corrected chi connectivity index (χ2v) is 5.38. The van der Waals surface area contributed by atoms with Crippen molar-refractivity contribution in [2.45, 2.75) is 45.1 Å². The highest BCUT2D eigenvalue weighted by Gasteiger charge is 2.20. The summed E-state index contributed by atoms with van der Waals surface area (Å²) < 4.78 is 11.3. The topological polar surface area (TPSA) is 21.7 Å². The van der Waals surface area contributed by atoms with Crippen LogP contribution >= 0.6 is 0 Å². The third-order valence-corrected chi connectivity index (χ3v) is 4.24. The van der Waals surface area contributed by atoms with E-state index in [1.165, 1.54) is 32.1 Å². The predicted molar refractivity (Wildman–Crippen MR) is 69.2 cm³/mol. The van der Waals surface area contributed by atoms with Crippen molar-refractivity contribution in [1.29, 1.82) is 0 Å². The van der Waals surface area contributed by atoms with Crippen LogP contribution in [0.25, 0.3) is 0 Å². The van der Waals surface area contributed by atoms with Gasteiger partial charge >= 0.3 is 0 Å². The van der Waals surface area contributed by atoms with Gasteiger partial charge in [0.05, 0.1) is 25.9 Å². The normalized spacial score (nSPS) is 31.6. The summed E-state index contributed by atoms with van der Waals surface area (Å²) in [5.41, 5.74) is 0. The van der Waals surface area contributed by atoms with Crippen molar-refractivity contribution in [2.24, 2.45) is 5.92 Å². The smallest absolute Gasteiger partial charge is 0.0597 e. The Morgan fingerprint density at radius 3 is 2.47 bits per heavy atom. The Morgan fingerprint density at radius 1 is 1.12 bits per heavy atom. The lowest BCUT2D eigenvalue weighted by Crippen LogP contribution is -2.39. The molecule has 0 bridgehead atoms. The first kappa shape index (κ1) is 13.3. The summed E-state index contributed by atoms with van der Waals surface area (Å²) in [7, 11) is 0. The van der Waals surface area contributed by atoms with E-state index in [0.717, 1.165) is 45.4 Å². The molecule has 100 valence electrons. The molecule has 0 spiro atoms. The van der Waals surface area contributed by atoms with Crippen LogP contribution in [0.3, 0.4) is 0 Å². The third kappa shape index (κ3) is 4.57. The van der Waals surface area contributed by atoms with Crippen molar-refractivity contribution >= 4 is 0 Å². The van der Waals surface area contributed by atoms with Crippen LogP contribution in [0.5, 0.6) is 0 Å². The number of nitrogens with zero attached hydrogens (tertiary/aromatic N) is 1. The highest BCUT2D eigenvalue weighted by Crippen LogP contribution is 2.28. The van der Waals surface area contributed by atoms with E-state index >= 15 is 0 Å². The zero-order valence-corrected chi connectivity index (χ0v) is 11.2. The van der Waals surface area contributed by atoms with Crippen LogP contribution < -0.4 is 0 Å². The lowest BCUT2D eigenvalue weighted by Gasteiger charge is -2.30. The van der Waals surface area contributed by atoms with Gasteiger partial charge in [0, 0.05) is 19.6 Å². The van der Waals surface area contributed by atoms with E-state index in [2.05, 4.69) is 11.8 Å². The Morgan fingerprint density at radius 2 is 1.82 bits per heavy atom. The molecule has 1 heterocycles. The molecule has 2 fully saturated rings. The SMILES string of the molecule is CCC1CCC(OCCN2CCOCC2)CC1. The van der Waals surface area contributed by atoms with E-state index in [1.54, 1.807) is 0 Å². The molecule has 0 amide bonds. The number of hydrogen-bond acceptors (Lipinski definition) is 3. The zero-order chi connectivity index (χ0) is 11.9. The molecule has 0 atom stereocenters. The summed E-state index contributed by atoms with van der Waals surface area (Å²) in [4.78, 5) is 2.45. The Kier molecular flexibility index (Phi) is 5.75. The van der Waals surface area contributed by atoms with E-state index in [9.17, 15) is 0 Å². The maximum absolute atomic E-state index is 6.00. The molecule has 2 aliphatic rings. The first-order valence-corrected chi connectivity index (χ1v) is 7.30. The quantitative estimate of drug-likeness (QED) is 0.737. The average Bonchev–Trinajstić information content (AvgIpc) is 2.41. The highest BCUT2D eigenvalue weighted by atomic mass is 16.5. The monoisotopic (exact) mass is 241 g/mol. The van der Waals surface area contributed by atoms with Crippen LogP contribution in [0.2, 0.25) is 0 Å². The molecule has 0 aromatic rings. The van der Waals surface area contributed by atoms with E-state index < -0.39 is 0 Å². The minimum absolute atomic E-state index is 0.541. The number of hydrogen-bond donors (Lipinski definition) is 0. The zero-order valence-electron chi connectivity index (χ0n) is 11.2. The molecular weight excluding hydrogens is 214 g/mol. The van der Waals surface area contributed by atoms with Gasteiger partial charge in [-0.05, 0) is 31.6 Å². The minimum Gasteiger partial charge on any atom is -0.379 e. The summed E-state index contributed by atoms with van der Waals surface area (Å²) in [6.45, 7) is 8.23. The molecule has 17 heavy (non-hydrogen) atoms. The largest absolute Gasteiger partial charge is 0.379 e. The third-order valence-electron chi connectivity index (χ3n) is 4.24. The van der Waals surface area contributed by atoms with Crippen molar-refractivity contribution < 1.29 is 9.47 Å². The first-order chi connectivity index (χ1) is 8.38. The van der Waals surface area contributed by atoms with E-state index in [1.807, 2.05) is 0 Å². The predicted octanol–water partition coefficient (Wildman–Crippen LogP) is 2.30. The van der Waals surface area contributed by atoms with Crippen LogP contribution in [0.4, 0.5) is 0 Å². The summed E-state index contributed by atoms with van der Waals surface area (Å²) >= 11 is 0. The molecule has 0 N–H and O–H groups in total. The number of morpholine rings is 1. The fourth-order valence-electron chi connectivity index (χ4n) is 2.88. The first-order valence-electron chi connectivity index (χ1n) is 7.30. The summed E-state index contributed by atoms with van der Waals surface area (Å²) in [5.74, 6) is 0.967. The lowest BCUT2D eigenvalue weighted by atomic mass is 9.86. The molecule has 1 saturated carbocycles. The Bertz CT molecular complexity index is 196. The molecule has 1 aliphatic carbocycles. The maximum atomic E-state index is 6.00. The van der Waals surface area contributed by atoms with Gasteiger partial charge in [0.15, 0.2) is 0 Å². The summed E-state index contributed by atoms with van der Waals surface area (Å²) in [6, 6.07) is 0. The molecule has 0 unspecified atom stereocenters. The standard InChI is InChI=1S/C14H27NO2/c1-2-13-3-5-14(6-4-13)17-12-9-15-7-10-16-11-8-15/h13-14H,2-12H2,1H3. The van der Waals surface area contributed by atoms with Gasteiger partial charge in [0.2, 0.25) is 0 Å². The fourth-order valence-corrected chi connectivity index (χ4v) is 2.88. The van der Waals surface area contributed by atoms with Crippen LogP contribution in [0, 0.1) is 5.92 Å². The highest BCUT2D eigenvalue weighted by molar-refractivity contribution is 4.72. The Labute approximate surface area is 105 Å². The van der Waals surface area contributed by atoms with Gasteiger partial charge in [0.1, 0.15) is 0 Å². The van der Waals surface area contributed by atoms with Crippen LogP contribution in [0.1, 0.15) is 39.0 Å².